The molecule has 1 unspecified atom stereocenters. The van der Waals surface area contributed by atoms with Crippen LogP contribution in [0.2, 0.25) is 8.67 Å². The summed E-state index contributed by atoms with van der Waals surface area (Å²) in [5.74, 6) is 0.438. The zero-order chi connectivity index (χ0) is 14.3. The van der Waals surface area contributed by atoms with Gasteiger partial charge in [-0.1, -0.05) is 56.3 Å². The Morgan fingerprint density at radius 3 is 2.68 bits per heavy atom. The second-order valence-electron chi connectivity index (χ2n) is 4.59. The van der Waals surface area contributed by atoms with E-state index in [9.17, 15) is 4.79 Å². The van der Waals surface area contributed by atoms with Crippen molar-refractivity contribution in [1.82, 2.24) is 0 Å². The monoisotopic (exact) mass is 322 g/mol. The summed E-state index contributed by atoms with van der Waals surface area (Å²) in [5.41, 5.74) is 0.471. The predicted molar refractivity (Wildman–Crippen MR) is 82.8 cm³/mol. The maximum Gasteiger partial charge on any atom is 0.190 e. The summed E-state index contributed by atoms with van der Waals surface area (Å²) in [6.07, 6.45) is 4.64. The molecule has 0 radical (unpaired) electrons. The van der Waals surface area contributed by atoms with E-state index in [4.69, 9.17) is 27.9 Å². The van der Waals surface area contributed by atoms with Crippen LogP contribution in [0, 0.1) is 5.92 Å². The molecule has 0 saturated carbocycles. The van der Waals surface area contributed by atoms with E-state index in [0.29, 0.717) is 26.8 Å². The van der Waals surface area contributed by atoms with E-state index in [-0.39, 0.29) is 12.4 Å². The fraction of sp³-hybridized carbons (Fsp3) is 0.643. The second kappa shape index (κ2) is 8.96. The van der Waals surface area contributed by atoms with Gasteiger partial charge in [-0.3, -0.25) is 4.79 Å². The Hall–Kier alpha value is -0.0900. The lowest BCUT2D eigenvalue weighted by molar-refractivity contribution is 0.0659. The Morgan fingerprint density at radius 1 is 1.42 bits per heavy atom. The van der Waals surface area contributed by atoms with Gasteiger partial charge in [-0.05, 0) is 18.4 Å². The number of rotatable bonds is 9. The SMILES string of the molecule is CCCCC(CC)COCC(=O)c1cc(Cl)sc1Cl. The number of carbonyl (C=O) groups is 1. The number of hydrogen-bond donors (Lipinski definition) is 0. The number of ether oxygens (including phenoxy) is 1. The van der Waals surface area contributed by atoms with E-state index >= 15 is 0 Å². The maximum absolute atomic E-state index is 11.9. The van der Waals surface area contributed by atoms with Crippen LogP contribution in [0.15, 0.2) is 6.07 Å². The number of unbranched alkanes of at least 4 members (excludes halogenated alkanes) is 1. The smallest absolute Gasteiger partial charge is 0.190 e. The van der Waals surface area contributed by atoms with Crippen LogP contribution in [-0.4, -0.2) is 19.0 Å². The van der Waals surface area contributed by atoms with E-state index in [1.165, 1.54) is 24.2 Å². The Bertz CT molecular complexity index is 404. The van der Waals surface area contributed by atoms with Gasteiger partial charge in [0.2, 0.25) is 0 Å². The molecule has 0 aliphatic rings. The minimum Gasteiger partial charge on any atom is -0.373 e. The minimum absolute atomic E-state index is 0.0788. The van der Waals surface area contributed by atoms with Crippen LogP contribution in [-0.2, 0) is 4.74 Å². The van der Waals surface area contributed by atoms with E-state index in [1.807, 2.05) is 0 Å². The summed E-state index contributed by atoms with van der Waals surface area (Å²) in [6, 6.07) is 1.61. The molecular formula is C14H20Cl2O2S. The molecule has 2 nitrogen and oxygen atoms in total. The Balaban J connectivity index is 2.36. The van der Waals surface area contributed by atoms with Gasteiger partial charge in [0.25, 0.3) is 0 Å². The van der Waals surface area contributed by atoms with E-state index in [0.717, 1.165) is 12.8 Å². The maximum atomic E-state index is 11.9. The van der Waals surface area contributed by atoms with E-state index in [2.05, 4.69) is 13.8 Å². The molecule has 0 N–H and O–H groups in total. The van der Waals surface area contributed by atoms with Crippen LogP contribution in [0.25, 0.3) is 0 Å². The fourth-order valence-corrected chi connectivity index (χ4v) is 3.32. The van der Waals surface area contributed by atoms with Crippen LogP contribution in [0.4, 0.5) is 0 Å². The van der Waals surface area contributed by atoms with Crippen molar-refractivity contribution >= 4 is 40.3 Å². The highest BCUT2D eigenvalue weighted by Gasteiger charge is 2.15. The molecule has 0 fully saturated rings. The van der Waals surface area contributed by atoms with Gasteiger partial charge in [-0.2, -0.15) is 0 Å². The summed E-state index contributed by atoms with van der Waals surface area (Å²) < 4.78 is 6.49. The highest BCUT2D eigenvalue weighted by molar-refractivity contribution is 7.20. The van der Waals surface area contributed by atoms with Gasteiger partial charge >= 0.3 is 0 Å². The molecule has 0 amide bonds. The minimum atomic E-state index is -0.0986. The molecule has 1 atom stereocenters. The Morgan fingerprint density at radius 2 is 2.16 bits per heavy atom. The molecule has 0 spiro atoms. The fourth-order valence-electron chi connectivity index (χ4n) is 1.82. The molecule has 1 aromatic rings. The van der Waals surface area contributed by atoms with E-state index < -0.39 is 0 Å². The standard InChI is InChI=1S/C14H20Cl2O2S/c1-3-5-6-10(4-2)8-18-9-12(17)11-7-13(15)19-14(11)16/h7,10H,3-6,8-9H2,1-2H3. The quantitative estimate of drug-likeness (QED) is 0.563. The van der Waals surface area contributed by atoms with Crippen molar-refractivity contribution in [1.29, 1.82) is 0 Å². The van der Waals surface area contributed by atoms with Crippen molar-refractivity contribution < 1.29 is 9.53 Å². The third kappa shape index (κ3) is 5.82. The molecule has 0 bridgehead atoms. The molecule has 0 aromatic carbocycles. The lowest BCUT2D eigenvalue weighted by atomic mass is 10.0. The van der Waals surface area contributed by atoms with Gasteiger partial charge < -0.3 is 4.74 Å². The summed E-state index contributed by atoms with van der Waals surface area (Å²) in [5, 5.41) is 0. The van der Waals surface area contributed by atoms with Crippen molar-refractivity contribution in [3.8, 4) is 0 Å². The first kappa shape index (κ1) is 17.0. The Kier molecular flexibility index (Phi) is 8.00. The van der Waals surface area contributed by atoms with Gasteiger partial charge in [-0.25, -0.2) is 0 Å². The first-order valence-electron chi connectivity index (χ1n) is 6.64. The lowest BCUT2D eigenvalue weighted by Gasteiger charge is -2.14. The molecule has 0 aliphatic heterocycles. The summed E-state index contributed by atoms with van der Waals surface area (Å²) in [4.78, 5) is 11.9. The molecule has 1 aromatic heterocycles. The molecule has 19 heavy (non-hydrogen) atoms. The first-order chi connectivity index (χ1) is 9.08. The number of hydrogen-bond acceptors (Lipinski definition) is 3. The van der Waals surface area contributed by atoms with Crippen molar-refractivity contribution in [3.05, 3.63) is 20.3 Å². The van der Waals surface area contributed by atoms with Gasteiger partial charge in [0.05, 0.1) is 9.90 Å². The largest absolute Gasteiger partial charge is 0.373 e. The van der Waals surface area contributed by atoms with Gasteiger partial charge in [-0.15, -0.1) is 11.3 Å². The van der Waals surface area contributed by atoms with Crippen LogP contribution in [0.3, 0.4) is 0 Å². The molecule has 108 valence electrons. The van der Waals surface area contributed by atoms with Crippen LogP contribution >= 0.6 is 34.5 Å². The topological polar surface area (TPSA) is 26.3 Å². The number of ketones is 1. The normalized spacial score (nSPS) is 12.6. The van der Waals surface area contributed by atoms with Gasteiger partial charge in [0.15, 0.2) is 5.78 Å². The number of Topliss-reactive ketones (excluding diaryl/α,β-unsaturated/α-hetero) is 1. The average molecular weight is 323 g/mol. The van der Waals surface area contributed by atoms with Crippen molar-refractivity contribution in [2.45, 2.75) is 39.5 Å². The first-order valence-corrected chi connectivity index (χ1v) is 8.21. The van der Waals surface area contributed by atoms with E-state index in [1.54, 1.807) is 6.07 Å². The second-order valence-corrected chi connectivity index (χ2v) is 6.88. The Labute approximate surface area is 129 Å². The highest BCUT2D eigenvalue weighted by atomic mass is 35.5. The van der Waals surface area contributed by atoms with Gasteiger partial charge in [0.1, 0.15) is 10.9 Å². The lowest BCUT2D eigenvalue weighted by Crippen LogP contribution is -2.14. The third-order valence-electron chi connectivity index (χ3n) is 3.09. The summed E-state index contributed by atoms with van der Waals surface area (Å²) in [6.45, 7) is 5.05. The molecule has 1 heterocycles. The molecule has 1 rings (SSSR count). The van der Waals surface area contributed by atoms with Crippen LogP contribution in [0.1, 0.15) is 49.9 Å². The average Bonchev–Trinajstić information content (AvgIpc) is 2.72. The number of thiophene rings is 1. The van der Waals surface area contributed by atoms with Crippen molar-refractivity contribution in [2.75, 3.05) is 13.2 Å². The zero-order valence-corrected chi connectivity index (χ0v) is 13.7. The third-order valence-corrected chi connectivity index (χ3v) is 4.57. The number of carbonyl (C=O) groups excluding carboxylic acids is 1. The van der Waals surface area contributed by atoms with Crippen molar-refractivity contribution in [2.24, 2.45) is 5.92 Å². The summed E-state index contributed by atoms with van der Waals surface area (Å²) >= 11 is 13.0. The molecule has 0 aliphatic carbocycles. The predicted octanol–water partition coefficient (Wildman–Crippen LogP) is 5.47. The van der Waals surface area contributed by atoms with Crippen LogP contribution < -0.4 is 0 Å². The molecule has 0 saturated heterocycles. The molecular weight excluding hydrogens is 303 g/mol. The highest BCUT2D eigenvalue weighted by Crippen LogP contribution is 2.31. The molecule has 5 heteroatoms. The van der Waals surface area contributed by atoms with Crippen molar-refractivity contribution in [3.63, 3.8) is 0 Å². The van der Waals surface area contributed by atoms with Gasteiger partial charge in [0, 0.05) is 6.61 Å². The summed E-state index contributed by atoms with van der Waals surface area (Å²) in [7, 11) is 0. The van der Waals surface area contributed by atoms with Crippen LogP contribution in [0.5, 0.6) is 0 Å². The zero-order valence-electron chi connectivity index (χ0n) is 11.4. The number of halogens is 2.